The molecular weight excluding hydrogens is 432 g/mol. The summed E-state index contributed by atoms with van der Waals surface area (Å²) in [5.74, 6) is 0.347. The Balaban J connectivity index is 1.61. The van der Waals surface area contributed by atoms with Crippen molar-refractivity contribution < 1.29 is 14.3 Å². The van der Waals surface area contributed by atoms with Gasteiger partial charge in [0.1, 0.15) is 5.75 Å². The lowest BCUT2D eigenvalue weighted by Crippen LogP contribution is -2.22. The van der Waals surface area contributed by atoms with Crippen LogP contribution in [0.5, 0.6) is 5.75 Å². The highest BCUT2D eigenvalue weighted by Gasteiger charge is 2.16. The summed E-state index contributed by atoms with van der Waals surface area (Å²) in [4.78, 5) is 25.9. The third kappa shape index (κ3) is 6.26. The third-order valence-corrected chi connectivity index (χ3v) is 6.07. The van der Waals surface area contributed by atoms with Crippen molar-refractivity contribution in [2.24, 2.45) is 0 Å². The number of carbonyl (C=O) groups excluding carboxylic acids is 2. The molecule has 0 fully saturated rings. The number of hydrogen-bond acceptors (Lipinski definition) is 4. The van der Waals surface area contributed by atoms with Gasteiger partial charge in [0, 0.05) is 26.9 Å². The summed E-state index contributed by atoms with van der Waals surface area (Å²) in [6.07, 6.45) is 0. The fraction of sp³-hybridized carbons (Fsp3) is 0.167. The van der Waals surface area contributed by atoms with Gasteiger partial charge in [0.2, 0.25) is 5.91 Å². The fourth-order valence-corrected chi connectivity index (χ4v) is 3.87. The van der Waals surface area contributed by atoms with Crippen LogP contribution in [0.15, 0.2) is 71.6 Å². The highest BCUT2D eigenvalue weighted by molar-refractivity contribution is 8.00. The summed E-state index contributed by atoms with van der Waals surface area (Å²) in [5, 5.41) is 6.03. The number of rotatable bonds is 7. The third-order valence-electron chi connectivity index (χ3n) is 4.57. The molecular formula is C24H23ClN2O3S. The van der Waals surface area contributed by atoms with Crippen LogP contribution >= 0.6 is 23.4 Å². The smallest absolute Gasteiger partial charge is 0.255 e. The molecule has 0 bridgehead atoms. The first-order chi connectivity index (χ1) is 14.9. The molecule has 0 aliphatic carbocycles. The van der Waals surface area contributed by atoms with Gasteiger partial charge in [0.25, 0.3) is 5.91 Å². The lowest BCUT2D eigenvalue weighted by Gasteiger charge is -2.13. The van der Waals surface area contributed by atoms with Crippen LogP contribution < -0.4 is 15.4 Å². The van der Waals surface area contributed by atoms with E-state index in [9.17, 15) is 9.59 Å². The van der Waals surface area contributed by atoms with Crippen molar-refractivity contribution in [1.82, 2.24) is 0 Å². The normalized spacial score (nSPS) is 11.5. The lowest BCUT2D eigenvalue weighted by molar-refractivity contribution is -0.115. The number of methoxy groups -OCH3 is 1. The molecule has 0 aliphatic heterocycles. The molecule has 7 heteroatoms. The van der Waals surface area contributed by atoms with Crippen LogP contribution in [0.4, 0.5) is 11.4 Å². The number of nitrogens with one attached hydrogen (secondary N) is 2. The van der Waals surface area contributed by atoms with E-state index < -0.39 is 0 Å². The number of anilines is 2. The molecule has 31 heavy (non-hydrogen) atoms. The van der Waals surface area contributed by atoms with Gasteiger partial charge in [-0.2, -0.15) is 0 Å². The van der Waals surface area contributed by atoms with E-state index in [0.717, 1.165) is 10.5 Å². The second-order valence-electron chi connectivity index (χ2n) is 6.92. The molecule has 0 spiro atoms. The lowest BCUT2D eigenvalue weighted by atomic mass is 10.2. The van der Waals surface area contributed by atoms with Gasteiger partial charge in [-0.05, 0) is 74.0 Å². The molecule has 3 rings (SSSR count). The summed E-state index contributed by atoms with van der Waals surface area (Å²) in [6.45, 7) is 3.74. The Kier molecular flexibility index (Phi) is 7.60. The zero-order valence-corrected chi connectivity index (χ0v) is 19.0. The van der Waals surface area contributed by atoms with E-state index in [1.807, 2.05) is 50.2 Å². The van der Waals surface area contributed by atoms with Crippen molar-refractivity contribution in [3.8, 4) is 5.75 Å². The quantitative estimate of drug-likeness (QED) is 0.428. The van der Waals surface area contributed by atoms with Crippen LogP contribution in [0.25, 0.3) is 0 Å². The predicted molar refractivity (Wildman–Crippen MR) is 128 cm³/mol. The zero-order valence-electron chi connectivity index (χ0n) is 17.4. The first-order valence-corrected chi connectivity index (χ1v) is 10.9. The summed E-state index contributed by atoms with van der Waals surface area (Å²) in [7, 11) is 1.58. The number of aryl methyl sites for hydroxylation is 1. The van der Waals surface area contributed by atoms with Gasteiger partial charge in [0.15, 0.2) is 0 Å². The highest BCUT2D eigenvalue weighted by atomic mass is 35.5. The molecule has 0 aromatic heterocycles. The summed E-state index contributed by atoms with van der Waals surface area (Å²) in [5.41, 5.74) is 2.80. The Labute approximate surface area is 191 Å². The van der Waals surface area contributed by atoms with Gasteiger partial charge in [-0.3, -0.25) is 9.59 Å². The average molecular weight is 455 g/mol. The zero-order chi connectivity index (χ0) is 22.4. The van der Waals surface area contributed by atoms with Crippen molar-refractivity contribution in [1.29, 1.82) is 0 Å². The average Bonchev–Trinajstić information content (AvgIpc) is 2.76. The Morgan fingerprint density at radius 3 is 2.35 bits per heavy atom. The second-order valence-corrected chi connectivity index (χ2v) is 8.75. The molecule has 0 saturated carbocycles. The van der Waals surface area contributed by atoms with Gasteiger partial charge < -0.3 is 15.4 Å². The number of hydrogen-bond donors (Lipinski definition) is 2. The van der Waals surface area contributed by atoms with Crippen molar-refractivity contribution in [2.75, 3.05) is 17.7 Å². The molecule has 1 atom stereocenters. The Morgan fingerprint density at radius 1 is 0.968 bits per heavy atom. The molecule has 0 aliphatic rings. The van der Waals surface area contributed by atoms with E-state index >= 15 is 0 Å². The molecule has 2 N–H and O–H groups in total. The minimum atomic E-state index is -0.340. The Morgan fingerprint density at radius 2 is 1.68 bits per heavy atom. The monoisotopic (exact) mass is 454 g/mol. The molecule has 1 unspecified atom stereocenters. The molecule has 160 valence electrons. The van der Waals surface area contributed by atoms with Gasteiger partial charge in [-0.1, -0.05) is 23.7 Å². The van der Waals surface area contributed by atoms with Crippen molar-refractivity contribution in [3.05, 3.63) is 82.9 Å². The van der Waals surface area contributed by atoms with Crippen LogP contribution in [0.3, 0.4) is 0 Å². The standard InChI is InChI=1S/C24H23ClN2O3S/c1-15-7-10-19(14-22(15)25)26-23(28)16(2)31-21-6-4-5-18(13-21)27-24(29)17-8-11-20(30-3)12-9-17/h4-14,16H,1-3H3,(H,26,28)(H,27,29). The SMILES string of the molecule is COc1ccc(C(=O)Nc2cccc(SC(C)C(=O)Nc3ccc(C)c(Cl)c3)c2)cc1. The maximum Gasteiger partial charge on any atom is 0.255 e. The second kappa shape index (κ2) is 10.4. The largest absolute Gasteiger partial charge is 0.497 e. The van der Waals surface area contributed by atoms with Crippen molar-refractivity contribution >= 4 is 46.6 Å². The number of ether oxygens (including phenoxy) is 1. The molecule has 2 amide bonds. The minimum Gasteiger partial charge on any atom is -0.497 e. The molecule has 0 heterocycles. The molecule has 0 radical (unpaired) electrons. The molecule has 3 aromatic carbocycles. The van der Waals surface area contributed by atoms with Crippen LogP contribution in [0, 0.1) is 6.92 Å². The maximum atomic E-state index is 12.6. The Bertz CT molecular complexity index is 1090. The minimum absolute atomic E-state index is 0.127. The summed E-state index contributed by atoms with van der Waals surface area (Å²) < 4.78 is 5.11. The van der Waals surface area contributed by atoms with Crippen LogP contribution in [0.1, 0.15) is 22.8 Å². The van der Waals surface area contributed by atoms with Crippen LogP contribution in [-0.4, -0.2) is 24.2 Å². The molecule has 3 aromatic rings. The maximum absolute atomic E-state index is 12.6. The topological polar surface area (TPSA) is 67.4 Å². The Hall–Kier alpha value is -2.96. The fourth-order valence-electron chi connectivity index (χ4n) is 2.76. The van der Waals surface area contributed by atoms with E-state index in [4.69, 9.17) is 16.3 Å². The van der Waals surface area contributed by atoms with Gasteiger partial charge in [-0.25, -0.2) is 0 Å². The van der Waals surface area contributed by atoms with E-state index in [1.54, 1.807) is 37.4 Å². The van der Waals surface area contributed by atoms with Crippen molar-refractivity contribution in [2.45, 2.75) is 24.0 Å². The molecule has 0 saturated heterocycles. The van der Waals surface area contributed by atoms with Gasteiger partial charge in [0.05, 0.1) is 12.4 Å². The van der Waals surface area contributed by atoms with Crippen LogP contribution in [-0.2, 0) is 4.79 Å². The van der Waals surface area contributed by atoms with Crippen LogP contribution in [0.2, 0.25) is 5.02 Å². The van der Waals surface area contributed by atoms with Gasteiger partial charge >= 0.3 is 0 Å². The first kappa shape index (κ1) is 22.7. The number of thioether (sulfide) groups is 1. The summed E-state index contributed by atoms with van der Waals surface area (Å²) >= 11 is 7.54. The number of carbonyl (C=O) groups is 2. The van der Waals surface area contributed by atoms with Gasteiger partial charge in [-0.15, -0.1) is 11.8 Å². The summed E-state index contributed by atoms with van der Waals surface area (Å²) in [6, 6.07) is 19.7. The first-order valence-electron chi connectivity index (χ1n) is 9.65. The number of amides is 2. The van der Waals surface area contributed by atoms with E-state index in [0.29, 0.717) is 27.7 Å². The predicted octanol–water partition coefficient (Wildman–Crippen LogP) is 6.03. The number of benzene rings is 3. The van der Waals surface area contributed by atoms with E-state index in [-0.39, 0.29) is 17.1 Å². The number of halogens is 1. The molecule has 5 nitrogen and oxygen atoms in total. The highest BCUT2D eigenvalue weighted by Crippen LogP contribution is 2.27. The van der Waals surface area contributed by atoms with E-state index in [1.165, 1.54) is 11.8 Å². The van der Waals surface area contributed by atoms with E-state index in [2.05, 4.69) is 10.6 Å². The van der Waals surface area contributed by atoms with Crippen molar-refractivity contribution in [3.63, 3.8) is 0 Å².